The number of nitrogens with two attached hydrogens (primary N) is 1. The van der Waals surface area contributed by atoms with Gasteiger partial charge in [0.2, 0.25) is 0 Å². The fourth-order valence-corrected chi connectivity index (χ4v) is 1.15. The molecule has 0 spiro atoms. The van der Waals surface area contributed by atoms with Crippen LogP contribution in [-0.4, -0.2) is 16.8 Å². The molecule has 0 aliphatic heterocycles. The van der Waals surface area contributed by atoms with Crippen LogP contribution in [0.1, 0.15) is 24.6 Å². The lowest BCUT2D eigenvalue weighted by Gasteiger charge is -2.08. The number of hydrogen-bond donors (Lipinski definition) is 1. The first kappa shape index (κ1) is 11.0. The lowest BCUT2D eigenvalue weighted by Crippen LogP contribution is -2.13. The van der Waals surface area contributed by atoms with Gasteiger partial charge in [-0.05, 0) is 26.0 Å². The molecule has 0 saturated heterocycles. The zero-order valence-corrected chi connectivity index (χ0v) is 7.75. The summed E-state index contributed by atoms with van der Waals surface area (Å²) in [5, 5.41) is 3.64. The van der Waals surface area contributed by atoms with E-state index in [-0.39, 0.29) is 6.04 Å². The smallest absolute Gasteiger partial charge is 0.333 e. The first-order chi connectivity index (χ1) is 6.59. The van der Waals surface area contributed by atoms with E-state index in [1.165, 1.54) is 13.2 Å². The Hall–Kier alpha value is -1.04. The second kappa shape index (κ2) is 4.00. The van der Waals surface area contributed by atoms with Crippen molar-refractivity contribution in [2.75, 3.05) is 7.05 Å². The first-order valence-corrected chi connectivity index (χ1v) is 4.27. The van der Waals surface area contributed by atoms with E-state index in [1.54, 1.807) is 0 Å². The van der Waals surface area contributed by atoms with Crippen LogP contribution in [0.15, 0.2) is 12.3 Å². The molecule has 80 valence electrons. The average molecular weight is 207 g/mol. The maximum absolute atomic E-state index is 12.2. The molecule has 0 atom stereocenters. The van der Waals surface area contributed by atoms with Crippen molar-refractivity contribution in [1.82, 2.24) is 9.78 Å². The molecule has 1 aliphatic carbocycles. The third kappa shape index (κ3) is 2.25. The Morgan fingerprint density at radius 2 is 2.00 bits per heavy atom. The molecule has 0 aromatic carbocycles. The van der Waals surface area contributed by atoms with Crippen molar-refractivity contribution in [3.05, 3.63) is 18.0 Å². The standard InChI is InChI=1S/C7H7F3N2.CH5N/c8-7(9,10)6-3-4-11-12(6)5-1-2-5;1-2/h3-5H,1-2H2;2H2,1H3. The topological polar surface area (TPSA) is 43.8 Å². The molecule has 0 unspecified atom stereocenters. The van der Waals surface area contributed by atoms with Gasteiger partial charge in [-0.25, -0.2) is 0 Å². The largest absolute Gasteiger partial charge is 0.433 e. The van der Waals surface area contributed by atoms with Crippen molar-refractivity contribution in [2.24, 2.45) is 5.73 Å². The predicted octanol–water partition coefficient (Wildman–Crippen LogP) is 1.81. The van der Waals surface area contributed by atoms with Gasteiger partial charge in [-0.1, -0.05) is 0 Å². The maximum atomic E-state index is 12.2. The van der Waals surface area contributed by atoms with Gasteiger partial charge in [0.25, 0.3) is 0 Å². The van der Waals surface area contributed by atoms with Crippen molar-refractivity contribution in [1.29, 1.82) is 0 Å². The minimum absolute atomic E-state index is 0.0170. The summed E-state index contributed by atoms with van der Waals surface area (Å²) in [5.74, 6) is 0. The van der Waals surface area contributed by atoms with E-state index in [9.17, 15) is 13.2 Å². The summed E-state index contributed by atoms with van der Waals surface area (Å²) >= 11 is 0. The van der Waals surface area contributed by atoms with E-state index >= 15 is 0 Å². The first-order valence-electron chi connectivity index (χ1n) is 4.27. The molecule has 1 aliphatic rings. The summed E-state index contributed by atoms with van der Waals surface area (Å²) < 4.78 is 37.7. The van der Waals surface area contributed by atoms with Gasteiger partial charge in [0.1, 0.15) is 5.69 Å². The quantitative estimate of drug-likeness (QED) is 0.763. The van der Waals surface area contributed by atoms with Gasteiger partial charge in [-0.2, -0.15) is 18.3 Å². The fraction of sp³-hybridized carbons (Fsp3) is 0.625. The molecule has 2 rings (SSSR count). The molecule has 1 aromatic rings. The highest BCUT2D eigenvalue weighted by molar-refractivity contribution is 5.07. The van der Waals surface area contributed by atoms with Gasteiger partial charge in [-0.15, -0.1) is 0 Å². The second-order valence-electron chi connectivity index (χ2n) is 2.89. The fourth-order valence-electron chi connectivity index (χ4n) is 1.15. The summed E-state index contributed by atoms with van der Waals surface area (Å²) in [6.07, 6.45) is -1.45. The van der Waals surface area contributed by atoms with E-state index in [1.807, 2.05) is 0 Å². The molecule has 2 N–H and O–H groups in total. The highest BCUT2D eigenvalue weighted by Gasteiger charge is 2.38. The molecule has 1 fully saturated rings. The van der Waals surface area contributed by atoms with E-state index in [4.69, 9.17) is 0 Å². The number of hydrogen-bond acceptors (Lipinski definition) is 2. The molecule has 0 radical (unpaired) electrons. The van der Waals surface area contributed by atoms with Crippen LogP contribution in [0.25, 0.3) is 0 Å². The van der Waals surface area contributed by atoms with Crippen LogP contribution in [-0.2, 0) is 6.18 Å². The number of rotatable bonds is 1. The van der Waals surface area contributed by atoms with Crippen molar-refractivity contribution >= 4 is 0 Å². The Morgan fingerprint density at radius 1 is 1.43 bits per heavy atom. The summed E-state index contributed by atoms with van der Waals surface area (Å²) in [7, 11) is 1.50. The highest BCUT2D eigenvalue weighted by atomic mass is 19.4. The Morgan fingerprint density at radius 3 is 2.43 bits per heavy atom. The number of halogens is 3. The van der Waals surface area contributed by atoms with Crippen LogP contribution in [0, 0.1) is 0 Å². The molecular weight excluding hydrogens is 195 g/mol. The van der Waals surface area contributed by atoms with Crippen molar-refractivity contribution in [3.8, 4) is 0 Å². The van der Waals surface area contributed by atoms with Crippen LogP contribution in [0.2, 0.25) is 0 Å². The lowest BCUT2D eigenvalue weighted by atomic mass is 10.4. The van der Waals surface area contributed by atoms with Gasteiger partial charge in [-0.3, -0.25) is 4.68 Å². The summed E-state index contributed by atoms with van der Waals surface area (Å²) in [4.78, 5) is 0. The molecule has 14 heavy (non-hydrogen) atoms. The van der Waals surface area contributed by atoms with Gasteiger partial charge in [0, 0.05) is 6.20 Å². The molecular formula is C8H12F3N3. The van der Waals surface area contributed by atoms with Crippen LogP contribution in [0.5, 0.6) is 0 Å². The van der Waals surface area contributed by atoms with Crippen LogP contribution < -0.4 is 5.73 Å². The van der Waals surface area contributed by atoms with Gasteiger partial charge < -0.3 is 5.73 Å². The van der Waals surface area contributed by atoms with Gasteiger partial charge in [0.15, 0.2) is 0 Å². The van der Waals surface area contributed by atoms with Gasteiger partial charge in [0.05, 0.1) is 6.04 Å². The molecule has 0 bridgehead atoms. The molecule has 1 heterocycles. The second-order valence-corrected chi connectivity index (χ2v) is 2.89. The number of nitrogens with zero attached hydrogens (tertiary/aromatic N) is 2. The molecule has 3 nitrogen and oxygen atoms in total. The molecule has 1 saturated carbocycles. The third-order valence-corrected chi connectivity index (χ3v) is 1.85. The SMILES string of the molecule is CN.FC(F)(F)c1ccnn1C1CC1. The van der Waals surface area contributed by atoms with Gasteiger partial charge >= 0.3 is 6.18 Å². The third-order valence-electron chi connectivity index (χ3n) is 1.85. The summed E-state index contributed by atoms with van der Waals surface area (Å²) in [5.41, 5.74) is 3.87. The van der Waals surface area contributed by atoms with E-state index in [2.05, 4.69) is 10.8 Å². The van der Waals surface area contributed by atoms with E-state index in [0.29, 0.717) is 0 Å². The minimum atomic E-state index is -4.26. The normalized spacial score (nSPS) is 16.1. The van der Waals surface area contributed by atoms with Crippen LogP contribution in [0.3, 0.4) is 0 Å². The van der Waals surface area contributed by atoms with E-state index < -0.39 is 11.9 Å². The molecule has 1 aromatic heterocycles. The lowest BCUT2D eigenvalue weighted by molar-refractivity contribution is -0.144. The Balaban J connectivity index is 0.000000461. The van der Waals surface area contributed by atoms with Crippen molar-refractivity contribution in [3.63, 3.8) is 0 Å². The molecule has 6 heteroatoms. The zero-order valence-electron chi connectivity index (χ0n) is 7.75. The Kier molecular flexibility index (Phi) is 3.15. The van der Waals surface area contributed by atoms with Crippen molar-refractivity contribution in [2.45, 2.75) is 25.1 Å². The number of alkyl halides is 3. The monoisotopic (exact) mass is 207 g/mol. The summed E-state index contributed by atoms with van der Waals surface area (Å²) in [6, 6.07) is 0.995. The zero-order chi connectivity index (χ0) is 10.8. The average Bonchev–Trinajstić information content (AvgIpc) is 2.85. The number of aromatic nitrogens is 2. The highest BCUT2D eigenvalue weighted by Crippen LogP contribution is 2.39. The summed E-state index contributed by atoms with van der Waals surface area (Å²) in [6.45, 7) is 0. The Labute approximate surface area is 79.7 Å². The predicted molar refractivity (Wildman–Crippen MR) is 45.6 cm³/mol. The van der Waals surface area contributed by atoms with Crippen LogP contribution in [0.4, 0.5) is 13.2 Å². The minimum Gasteiger partial charge on any atom is -0.333 e. The maximum Gasteiger partial charge on any atom is 0.433 e. The van der Waals surface area contributed by atoms with E-state index in [0.717, 1.165) is 23.6 Å². The molecule has 0 amide bonds. The van der Waals surface area contributed by atoms with Crippen LogP contribution >= 0.6 is 0 Å². The Bertz CT molecular complexity index is 288. The van der Waals surface area contributed by atoms with Crippen molar-refractivity contribution < 1.29 is 13.2 Å².